The number of hydrogen-bond donors (Lipinski definition) is 4. The van der Waals surface area contributed by atoms with Crippen LogP contribution in [0.3, 0.4) is 0 Å². The lowest BCUT2D eigenvalue weighted by Crippen LogP contribution is -2.03. The van der Waals surface area contributed by atoms with Gasteiger partial charge in [-0.05, 0) is 18.6 Å². The van der Waals surface area contributed by atoms with Crippen LogP contribution in [0.1, 0.15) is 13.0 Å². The van der Waals surface area contributed by atoms with Gasteiger partial charge in [-0.1, -0.05) is 19.6 Å². The first-order chi connectivity index (χ1) is 10.4. The van der Waals surface area contributed by atoms with Gasteiger partial charge >= 0.3 is 0 Å². The van der Waals surface area contributed by atoms with E-state index in [1.807, 2.05) is 0 Å². The molecule has 0 saturated carbocycles. The molecule has 6 heteroatoms. The smallest absolute Gasteiger partial charge is 0.238 e. The summed E-state index contributed by atoms with van der Waals surface area (Å²) in [5, 5.41) is 38.8. The van der Waals surface area contributed by atoms with E-state index in [1.165, 1.54) is 6.07 Å². The van der Waals surface area contributed by atoms with Crippen molar-refractivity contribution < 1.29 is 24.8 Å². The first kappa shape index (κ1) is 16.2. The van der Waals surface area contributed by atoms with Crippen LogP contribution < -0.4 is 5.43 Å². The fourth-order valence-corrected chi connectivity index (χ4v) is 2.22. The van der Waals surface area contributed by atoms with Crippen LogP contribution in [0.15, 0.2) is 39.5 Å². The second-order valence-corrected chi connectivity index (χ2v) is 4.95. The van der Waals surface area contributed by atoms with E-state index >= 15 is 0 Å². The predicted octanol–water partition coefficient (Wildman–Crippen LogP) is 3.23. The summed E-state index contributed by atoms with van der Waals surface area (Å²) in [6.07, 6.45) is 0. The average molecular weight is 316 g/mol. The molecule has 6 nitrogen and oxygen atoms in total. The van der Waals surface area contributed by atoms with Gasteiger partial charge in [0.1, 0.15) is 28.2 Å². The van der Waals surface area contributed by atoms with E-state index in [4.69, 9.17) is 4.42 Å². The van der Waals surface area contributed by atoms with E-state index in [2.05, 4.69) is 0 Å². The SMILES string of the molecule is C.Cc1ccc(-c2oc3cc(O)cc(O)c3c(=O)c2O)cc1O. The van der Waals surface area contributed by atoms with Crippen molar-refractivity contribution in [1.82, 2.24) is 0 Å². The second kappa shape index (κ2) is 5.57. The van der Waals surface area contributed by atoms with Crippen LogP contribution >= 0.6 is 0 Å². The van der Waals surface area contributed by atoms with Crippen LogP contribution in [0, 0.1) is 6.92 Å². The van der Waals surface area contributed by atoms with Gasteiger partial charge in [0.2, 0.25) is 11.2 Å². The minimum atomic E-state index is -0.825. The summed E-state index contributed by atoms with van der Waals surface area (Å²) in [5.74, 6) is -1.62. The lowest BCUT2D eigenvalue weighted by atomic mass is 10.1. The summed E-state index contributed by atoms with van der Waals surface area (Å²) >= 11 is 0. The van der Waals surface area contributed by atoms with Gasteiger partial charge < -0.3 is 24.8 Å². The third-order valence-corrected chi connectivity index (χ3v) is 3.41. The molecule has 0 aliphatic rings. The Bertz CT molecular complexity index is 955. The summed E-state index contributed by atoms with van der Waals surface area (Å²) in [6, 6.07) is 6.67. The Morgan fingerprint density at radius 1 is 0.957 bits per heavy atom. The molecule has 0 unspecified atom stereocenters. The normalized spacial score (nSPS) is 10.5. The van der Waals surface area contributed by atoms with Gasteiger partial charge in [-0.2, -0.15) is 0 Å². The van der Waals surface area contributed by atoms with E-state index in [1.54, 1.807) is 19.1 Å². The zero-order chi connectivity index (χ0) is 16.0. The highest BCUT2D eigenvalue weighted by Crippen LogP contribution is 2.36. The largest absolute Gasteiger partial charge is 0.508 e. The highest BCUT2D eigenvalue weighted by molar-refractivity contribution is 5.88. The minimum Gasteiger partial charge on any atom is -0.508 e. The van der Waals surface area contributed by atoms with Gasteiger partial charge in [-0.3, -0.25) is 4.79 Å². The first-order valence-electron chi connectivity index (χ1n) is 6.40. The van der Waals surface area contributed by atoms with Crippen molar-refractivity contribution in [2.24, 2.45) is 0 Å². The summed E-state index contributed by atoms with van der Waals surface area (Å²) < 4.78 is 5.43. The zero-order valence-corrected chi connectivity index (χ0v) is 11.5. The Hall–Kier alpha value is -3.15. The summed E-state index contributed by atoms with van der Waals surface area (Å²) in [4.78, 5) is 12.2. The first-order valence-corrected chi connectivity index (χ1v) is 6.40. The molecule has 0 atom stereocenters. The third-order valence-electron chi connectivity index (χ3n) is 3.41. The Balaban J connectivity index is 0.00000192. The fraction of sp³-hybridized carbons (Fsp3) is 0.118. The molecule has 1 aromatic heterocycles. The van der Waals surface area contributed by atoms with Crippen molar-refractivity contribution in [1.29, 1.82) is 0 Å². The van der Waals surface area contributed by atoms with Gasteiger partial charge in [-0.15, -0.1) is 0 Å². The van der Waals surface area contributed by atoms with Crippen molar-refractivity contribution in [3.8, 4) is 34.3 Å². The van der Waals surface area contributed by atoms with E-state index in [9.17, 15) is 25.2 Å². The maximum Gasteiger partial charge on any atom is 0.238 e. The highest BCUT2D eigenvalue weighted by Gasteiger charge is 2.19. The molecule has 2 aromatic carbocycles. The molecule has 0 spiro atoms. The molecule has 0 aliphatic heterocycles. The number of benzene rings is 2. The molecule has 23 heavy (non-hydrogen) atoms. The maximum atomic E-state index is 12.2. The molecular formula is C17H16O6. The standard InChI is InChI=1S/C16H12O6.CH4/c1-7-2-3-8(4-10(7)18)16-15(21)14(20)13-11(19)5-9(17)6-12(13)22-16;/h2-6,17-19,21H,1H3;1H4. The Kier molecular flexibility index (Phi) is 3.93. The van der Waals surface area contributed by atoms with Crippen LogP contribution in [-0.2, 0) is 0 Å². The van der Waals surface area contributed by atoms with Gasteiger partial charge in [0.05, 0.1) is 0 Å². The molecule has 0 saturated heterocycles. The van der Waals surface area contributed by atoms with Crippen molar-refractivity contribution in [3.05, 3.63) is 46.1 Å². The fourth-order valence-electron chi connectivity index (χ4n) is 2.22. The Morgan fingerprint density at radius 3 is 2.30 bits per heavy atom. The molecule has 3 rings (SSSR count). The van der Waals surface area contributed by atoms with E-state index in [0.717, 1.165) is 12.1 Å². The van der Waals surface area contributed by atoms with Crippen molar-refractivity contribution in [3.63, 3.8) is 0 Å². The topological polar surface area (TPSA) is 111 Å². The minimum absolute atomic E-state index is 0. The van der Waals surface area contributed by atoms with Gasteiger partial charge in [0, 0.05) is 17.7 Å². The predicted molar refractivity (Wildman–Crippen MR) is 86.0 cm³/mol. The average Bonchev–Trinajstić information content (AvgIpc) is 2.45. The van der Waals surface area contributed by atoms with Gasteiger partial charge in [-0.25, -0.2) is 0 Å². The molecule has 0 amide bonds. The maximum absolute atomic E-state index is 12.2. The van der Waals surface area contributed by atoms with Crippen molar-refractivity contribution in [2.75, 3.05) is 0 Å². The zero-order valence-electron chi connectivity index (χ0n) is 11.5. The molecule has 0 aliphatic carbocycles. The molecular weight excluding hydrogens is 300 g/mol. The molecule has 0 radical (unpaired) electrons. The molecule has 0 fully saturated rings. The lowest BCUT2D eigenvalue weighted by Gasteiger charge is -2.08. The quantitative estimate of drug-likeness (QED) is 0.548. The number of fused-ring (bicyclic) bond motifs is 1. The van der Waals surface area contributed by atoms with Crippen LogP contribution in [0.5, 0.6) is 23.0 Å². The number of rotatable bonds is 1. The number of aromatic hydroxyl groups is 4. The number of phenolic OH excluding ortho intramolecular Hbond substituents is 3. The lowest BCUT2D eigenvalue weighted by molar-refractivity contribution is 0.438. The highest BCUT2D eigenvalue weighted by atomic mass is 16.4. The summed E-state index contributed by atoms with van der Waals surface area (Å²) in [7, 11) is 0. The molecule has 0 bridgehead atoms. The van der Waals surface area contributed by atoms with Gasteiger partial charge in [0.25, 0.3) is 0 Å². The molecule has 120 valence electrons. The molecule has 1 heterocycles. The number of phenols is 3. The Morgan fingerprint density at radius 2 is 1.65 bits per heavy atom. The molecule has 4 N–H and O–H groups in total. The van der Waals surface area contributed by atoms with Crippen molar-refractivity contribution in [2.45, 2.75) is 14.4 Å². The Labute approximate surface area is 131 Å². The van der Waals surface area contributed by atoms with Crippen LogP contribution in [0.25, 0.3) is 22.3 Å². The monoisotopic (exact) mass is 316 g/mol. The van der Waals surface area contributed by atoms with Crippen LogP contribution in [0.4, 0.5) is 0 Å². The van der Waals surface area contributed by atoms with E-state index in [0.29, 0.717) is 11.1 Å². The van der Waals surface area contributed by atoms with E-state index in [-0.39, 0.29) is 35.7 Å². The van der Waals surface area contributed by atoms with Gasteiger partial charge in [0.15, 0.2) is 5.76 Å². The van der Waals surface area contributed by atoms with Crippen molar-refractivity contribution >= 4 is 11.0 Å². The van der Waals surface area contributed by atoms with Crippen LogP contribution in [-0.4, -0.2) is 20.4 Å². The second-order valence-electron chi connectivity index (χ2n) is 4.95. The van der Waals surface area contributed by atoms with Crippen LogP contribution in [0.2, 0.25) is 0 Å². The molecule has 3 aromatic rings. The van der Waals surface area contributed by atoms with E-state index < -0.39 is 16.9 Å². The number of hydrogen-bond acceptors (Lipinski definition) is 6. The summed E-state index contributed by atoms with van der Waals surface area (Å²) in [6.45, 7) is 1.70. The third kappa shape index (κ3) is 2.55. The number of aryl methyl sites for hydroxylation is 1. The summed E-state index contributed by atoms with van der Waals surface area (Å²) in [5.41, 5.74) is 0.0216.